The number of non-ortho nitro benzene ring substituents is 1. The highest BCUT2D eigenvalue weighted by Gasteiger charge is 2.22. The van der Waals surface area contributed by atoms with Crippen LogP contribution in [0.25, 0.3) is 0 Å². The second-order valence-corrected chi connectivity index (χ2v) is 7.32. The van der Waals surface area contributed by atoms with Crippen LogP contribution in [0.4, 0.5) is 5.69 Å². The van der Waals surface area contributed by atoms with Gasteiger partial charge in [-0.15, -0.1) is 0 Å². The number of benzene rings is 2. The van der Waals surface area contributed by atoms with Crippen LogP contribution in [0.3, 0.4) is 0 Å². The normalized spacial score (nSPS) is 12.3. The molecule has 27 heavy (non-hydrogen) atoms. The Kier molecular flexibility index (Phi) is 5.95. The molecule has 1 atom stereocenters. The zero-order chi connectivity index (χ0) is 20.2. The Bertz CT molecular complexity index is 853. The number of nitrogens with zero attached hydrogens (tertiary/aromatic N) is 1. The third kappa shape index (κ3) is 5.37. The van der Waals surface area contributed by atoms with Crippen molar-refractivity contribution in [1.82, 2.24) is 5.32 Å². The Balaban J connectivity index is 2.14. The molecule has 1 amide bonds. The highest BCUT2D eigenvalue weighted by atomic mass is 16.6. The summed E-state index contributed by atoms with van der Waals surface area (Å²) in [4.78, 5) is 34.1. The van der Waals surface area contributed by atoms with Crippen molar-refractivity contribution in [2.75, 3.05) is 0 Å². The van der Waals surface area contributed by atoms with Gasteiger partial charge < -0.3 is 10.4 Å². The average Bonchev–Trinajstić information content (AvgIpc) is 2.60. The number of hydrogen-bond donors (Lipinski definition) is 2. The van der Waals surface area contributed by atoms with E-state index in [-0.39, 0.29) is 23.1 Å². The zero-order valence-electron chi connectivity index (χ0n) is 15.4. The first-order chi connectivity index (χ1) is 12.6. The number of nitrogens with one attached hydrogen (secondary N) is 1. The van der Waals surface area contributed by atoms with Crippen LogP contribution in [0.15, 0.2) is 48.5 Å². The number of amides is 1. The minimum atomic E-state index is -1.17. The molecule has 0 aliphatic heterocycles. The molecular formula is C20H22N2O5. The Labute approximate surface area is 157 Å². The van der Waals surface area contributed by atoms with Crippen molar-refractivity contribution in [3.8, 4) is 0 Å². The summed E-state index contributed by atoms with van der Waals surface area (Å²) in [5.74, 6) is -1.84. The predicted octanol–water partition coefficient (Wildman–Crippen LogP) is 3.32. The van der Waals surface area contributed by atoms with Crippen LogP contribution in [0, 0.1) is 10.1 Å². The molecule has 0 saturated heterocycles. The van der Waals surface area contributed by atoms with E-state index in [1.54, 1.807) is 0 Å². The van der Waals surface area contributed by atoms with E-state index in [0.717, 1.165) is 17.2 Å². The molecule has 0 fully saturated rings. The predicted molar refractivity (Wildman–Crippen MR) is 101 cm³/mol. The fourth-order valence-corrected chi connectivity index (χ4v) is 2.58. The van der Waals surface area contributed by atoms with E-state index < -0.39 is 22.8 Å². The molecule has 0 aliphatic carbocycles. The van der Waals surface area contributed by atoms with Crippen molar-refractivity contribution in [3.63, 3.8) is 0 Å². The van der Waals surface area contributed by atoms with Gasteiger partial charge in [-0.25, -0.2) is 4.79 Å². The summed E-state index contributed by atoms with van der Waals surface area (Å²) < 4.78 is 0. The van der Waals surface area contributed by atoms with Crippen molar-refractivity contribution in [2.24, 2.45) is 0 Å². The van der Waals surface area contributed by atoms with Gasteiger partial charge in [-0.05, 0) is 22.6 Å². The standard InChI is InChI=1S/C20H22N2O5/c1-20(2,3)15-9-7-13(8-10-15)11-17(19(24)25)21-18(23)14-5-4-6-16(12-14)22(26)27/h4-10,12,17H,11H2,1-3H3,(H,21,23)(H,24,25)/t17-/m0/s1. The van der Waals surface area contributed by atoms with Crippen LogP contribution in [0.2, 0.25) is 0 Å². The number of hydrogen-bond acceptors (Lipinski definition) is 4. The molecule has 0 radical (unpaired) electrons. The van der Waals surface area contributed by atoms with Crippen molar-refractivity contribution in [2.45, 2.75) is 38.6 Å². The number of nitro benzene ring substituents is 1. The Morgan fingerprint density at radius 1 is 1.15 bits per heavy atom. The minimum absolute atomic E-state index is 0.0129. The van der Waals surface area contributed by atoms with E-state index in [1.807, 2.05) is 24.3 Å². The van der Waals surface area contributed by atoms with E-state index in [9.17, 15) is 24.8 Å². The quantitative estimate of drug-likeness (QED) is 0.599. The molecule has 2 N–H and O–H groups in total. The van der Waals surface area contributed by atoms with E-state index in [1.165, 1.54) is 18.2 Å². The number of rotatable bonds is 6. The van der Waals surface area contributed by atoms with Gasteiger partial charge >= 0.3 is 5.97 Å². The smallest absolute Gasteiger partial charge is 0.326 e. The first-order valence-electron chi connectivity index (χ1n) is 8.45. The molecule has 142 valence electrons. The molecule has 0 unspecified atom stereocenters. The molecule has 7 nitrogen and oxygen atoms in total. The van der Waals surface area contributed by atoms with Gasteiger partial charge in [-0.3, -0.25) is 14.9 Å². The number of carboxylic acid groups (broad SMARTS) is 1. The molecule has 0 spiro atoms. The van der Waals surface area contributed by atoms with E-state index >= 15 is 0 Å². The maximum Gasteiger partial charge on any atom is 0.326 e. The maximum absolute atomic E-state index is 12.3. The molecule has 2 aromatic rings. The van der Waals surface area contributed by atoms with Gasteiger partial charge in [0.05, 0.1) is 4.92 Å². The van der Waals surface area contributed by atoms with Gasteiger partial charge in [0, 0.05) is 24.1 Å². The van der Waals surface area contributed by atoms with E-state index in [2.05, 4.69) is 26.1 Å². The van der Waals surface area contributed by atoms with Gasteiger partial charge in [-0.2, -0.15) is 0 Å². The summed E-state index contributed by atoms with van der Waals surface area (Å²) in [6.07, 6.45) is 0.112. The third-order valence-corrected chi connectivity index (χ3v) is 4.18. The second-order valence-electron chi connectivity index (χ2n) is 7.32. The third-order valence-electron chi connectivity index (χ3n) is 4.18. The average molecular weight is 370 g/mol. The molecule has 0 saturated carbocycles. The number of carbonyl (C=O) groups excluding carboxylic acids is 1. The second kappa shape index (κ2) is 7.99. The van der Waals surface area contributed by atoms with Crippen molar-refractivity contribution in [1.29, 1.82) is 0 Å². The monoisotopic (exact) mass is 370 g/mol. The van der Waals surface area contributed by atoms with Crippen molar-refractivity contribution in [3.05, 3.63) is 75.3 Å². The summed E-state index contributed by atoms with van der Waals surface area (Å²) in [7, 11) is 0. The molecule has 2 aromatic carbocycles. The van der Waals surface area contributed by atoms with Crippen LogP contribution in [-0.2, 0) is 16.6 Å². The number of aliphatic carboxylic acids is 1. The first kappa shape index (κ1) is 20.1. The van der Waals surface area contributed by atoms with Crippen LogP contribution in [0.5, 0.6) is 0 Å². The molecule has 2 rings (SSSR count). The van der Waals surface area contributed by atoms with Gasteiger partial charge in [0.25, 0.3) is 11.6 Å². The zero-order valence-corrected chi connectivity index (χ0v) is 15.4. The summed E-state index contributed by atoms with van der Waals surface area (Å²) >= 11 is 0. The largest absolute Gasteiger partial charge is 0.480 e. The fourth-order valence-electron chi connectivity index (χ4n) is 2.58. The summed E-state index contributed by atoms with van der Waals surface area (Å²) in [5.41, 5.74) is 1.69. The van der Waals surface area contributed by atoms with E-state index in [0.29, 0.717) is 0 Å². The lowest BCUT2D eigenvalue weighted by atomic mass is 9.86. The number of carboxylic acids is 1. The molecular weight excluding hydrogens is 348 g/mol. The Morgan fingerprint density at radius 2 is 1.78 bits per heavy atom. The molecule has 0 aromatic heterocycles. The topological polar surface area (TPSA) is 110 Å². The molecule has 0 bridgehead atoms. The summed E-state index contributed by atoms with van der Waals surface area (Å²) in [5, 5.41) is 22.7. The number of carbonyl (C=O) groups is 2. The highest BCUT2D eigenvalue weighted by Crippen LogP contribution is 2.22. The Morgan fingerprint density at radius 3 is 2.30 bits per heavy atom. The van der Waals surface area contributed by atoms with Gasteiger partial charge in [0.2, 0.25) is 0 Å². The lowest BCUT2D eigenvalue weighted by Crippen LogP contribution is -2.42. The lowest BCUT2D eigenvalue weighted by molar-refractivity contribution is -0.384. The first-order valence-corrected chi connectivity index (χ1v) is 8.45. The maximum atomic E-state index is 12.3. The Hall–Kier alpha value is -3.22. The number of nitro groups is 1. The summed E-state index contributed by atoms with van der Waals surface area (Å²) in [6.45, 7) is 6.25. The van der Waals surface area contributed by atoms with Crippen LogP contribution in [-0.4, -0.2) is 27.9 Å². The minimum Gasteiger partial charge on any atom is -0.480 e. The SMILES string of the molecule is CC(C)(C)c1ccc(C[C@H](NC(=O)c2cccc([N+](=O)[O-])c2)C(=O)O)cc1. The molecule has 0 heterocycles. The van der Waals surface area contributed by atoms with Gasteiger partial charge in [-0.1, -0.05) is 51.1 Å². The molecule has 7 heteroatoms. The van der Waals surface area contributed by atoms with Crippen molar-refractivity contribution >= 4 is 17.6 Å². The fraction of sp³-hybridized carbons (Fsp3) is 0.300. The summed E-state index contributed by atoms with van der Waals surface area (Å²) in [6, 6.07) is 11.6. The van der Waals surface area contributed by atoms with Crippen molar-refractivity contribution < 1.29 is 19.6 Å². The van der Waals surface area contributed by atoms with Crippen LogP contribution in [0.1, 0.15) is 42.3 Å². The van der Waals surface area contributed by atoms with Crippen LogP contribution >= 0.6 is 0 Å². The highest BCUT2D eigenvalue weighted by molar-refractivity contribution is 5.97. The van der Waals surface area contributed by atoms with E-state index in [4.69, 9.17) is 0 Å². The van der Waals surface area contributed by atoms with Gasteiger partial charge in [0.15, 0.2) is 0 Å². The molecule has 0 aliphatic rings. The van der Waals surface area contributed by atoms with Crippen LogP contribution < -0.4 is 5.32 Å². The lowest BCUT2D eigenvalue weighted by Gasteiger charge is -2.20. The van der Waals surface area contributed by atoms with Gasteiger partial charge in [0.1, 0.15) is 6.04 Å².